The van der Waals surface area contributed by atoms with E-state index >= 15 is 0 Å². The molecule has 24 heavy (non-hydrogen) atoms. The van der Waals surface area contributed by atoms with E-state index in [0.717, 1.165) is 5.56 Å². The first-order valence-corrected chi connectivity index (χ1v) is 7.21. The van der Waals surface area contributed by atoms with Crippen LogP contribution in [0.2, 0.25) is 0 Å². The molecule has 0 amide bonds. The molecular weight excluding hydrogens is 308 g/mol. The molecule has 0 radical (unpaired) electrons. The van der Waals surface area contributed by atoms with Crippen LogP contribution in [0.1, 0.15) is 15.9 Å². The van der Waals surface area contributed by atoms with E-state index in [-0.39, 0.29) is 11.4 Å². The number of rotatable bonds is 4. The van der Waals surface area contributed by atoms with E-state index in [1.54, 1.807) is 37.3 Å². The van der Waals surface area contributed by atoms with Crippen LogP contribution >= 0.6 is 0 Å². The van der Waals surface area contributed by atoms with Gasteiger partial charge in [0.1, 0.15) is 5.75 Å². The molecule has 1 N–H and O–H groups in total. The van der Waals surface area contributed by atoms with Gasteiger partial charge in [0.25, 0.3) is 5.88 Å². The van der Waals surface area contributed by atoms with Crippen molar-refractivity contribution in [1.82, 2.24) is 9.55 Å². The number of benzene rings is 2. The van der Waals surface area contributed by atoms with Crippen LogP contribution in [-0.4, -0.2) is 20.6 Å². The molecule has 6 nitrogen and oxygen atoms in total. The van der Waals surface area contributed by atoms with Gasteiger partial charge in [-0.05, 0) is 36.8 Å². The number of nitrogens with zero attached hydrogens (tertiary/aromatic N) is 2. The van der Waals surface area contributed by atoms with Gasteiger partial charge in [0.15, 0.2) is 0 Å². The Hall–Kier alpha value is -3.41. The fourth-order valence-corrected chi connectivity index (χ4v) is 2.26. The van der Waals surface area contributed by atoms with Gasteiger partial charge in [-0.15, -0.1) is 0 Å². The number of hydrogen-bond acceptors (Lipinski definition) is 4. The third-order valence-electron chi connectivity index (χ3n) is 3.48. The predicted octanol–water partition coefficient (Wildman–Crippen LogP) is 3.03. The number of carboxylic acid groups (broad SMARTS) is 1. The van der Waals surface area contributed by atoms with Crippen LogP contribution in [-0.2, 0) is 0 Å². The molecule has 0 aliphatic rings. The maximum Gasteiger partial charge on any atom is 0.335 e. The van der Waals surface area contributed by atoms with Crippen LogP contribution in [0.4, 0.5) is 0 Å². The summed E-state index contributed by atoms with van der Waals surface area (Å²) in [5.74, 6) is -0.640. The Labute approximate surface area is 137 Å². The van der Waals surface area contributed by atoms with Crippen molar-refractivity contribution in [2.75, 3.05) is 0 Å². The minimum absolute atomic E-state index is 0.0798. The number of aromatic nitrogens is 2. The predicted molar refractivity (Wildman–Crippen MR) is 88.0 cm³/mol. The molecule has 6 heteroatoms. The van der Waals surface area contributed by atoms with Crippen molar-refractivity contribution < 1.29 is 14.6 Å². The molecule has 0 atom stereocenters. The largest absolute Gasteiger partial charge is 0.478 e. The topological polar surface area (TPSA) is 81.4 Å². The molecule has 3 rings (SSSR count). The Bertz CT molecular complexity index is 949. The number of carboxylic acids is 1. The number of para-hydroxylation sites is 1. The Kier molecular flexibility index (Phi) is 4.11. The van der Waals surface area contributed by atoms with Gasteiger partial charge >= 0.3 is 11.5 Å². The molecule has 0 fully saturated rings. The van der Waals surface area contributed by atoms with Crippen LogP contribution in [0.3, 0.4) is 0 Å². The van der Waals surface area contributed by atoms with Crippen molar-refractivity contribution in [2.24, 2.45) is 0 Å². The summed E-state index contributed by atoms with van der Waals surface area (Å²) >= 11 is 0. The Morgan fingerprint density at radius 3 is 2.62 bits per heavy atom. The van der Waals surface area contributed by atoms with Crippen LogP contribution in [0.15, 0.2) is 65.7 Å². The van der Waals surface area contributed by atoms with Gasteiger partial charge in [-0.2, -0.15) is 0 Å². The minimum atomic E-state index is -1.06. The second kappa shape index (κ2) is 6.37. The van der Waals surface area contributed by atoms with Gasteiger partial charge in [-0.1, -0.05) is 24.3 Å². The highest BCUT2D eigenvalue weighted by atomic mass is 16.5. The summed E-state index contributed by atoms with van der Waals surface area (Å²) in [6.45, 7) is 1.80. The SMILES string of the molecule is Cc1ccc(C(=O)O)cc1-n1ccnc(Oc2ccccc2)c1=O. The maximum atomic E-state index is 12.6. The second-order valence-electron chi connectivity index (χ2n) is 5.13. The van der Waals surface area contributed by atoms with Crippen LogP contribution in [0.5, 0.6) is 11.6 Å². The molecule has 2 aromatic carbocycles. The normalized spacial score (nSPS) is 10.4. The van der Waals surface area contributed by atoms with Gasteiger partial charge < -0.3 is 9.84 Å². The molecule has 0 saturated carbocycles. The molecule has 0 aliphatic heterocycles. The summed E-state index contributed by atoms with van der Waals surface area (Å²) in [5.41, 5.74) is 0.871. The van der Waals surface area contributed by atoms with Crippen LogP contribution in [0, 0.1) is 6.92 Å². The molecule has 0 saturated heterocycles. The zero-order valence-electron chi connectivity index (χ0n) is 12.8. The number of hydrogen-bond donors (Lipinski definition) is 1. The van der Waals surface area contributed by atoms with E-state index in [1.165, 1.54) is 29.1 Å². The maximum absolute atomic E-state index is 12.6. The highest BCUT2D eigenvalue weighted by molar-refractivity contribution is 5.88. The van der Waals surface area contributed by atoms with Crippen molar-refractivity contribution in [3.63, 3.8) is 0 Å². The molecule has 1 aromatic heterocycles. The summed E-state index contributed by atoms with van der Waals surface area (Å²) in [6.07, 6.45) is 2.92. The lowest BCUT2D eigenvalue weighted by molar-refractivity contribution is 0.0697. The molecule has 120 valence electrons. The highest BCUT2D eigenvalue weighted by Crippen LogP contribution is 2.18. The van der Waals surface area contributed by atoms with Gasteiger partial charge in [-0.25, -0.2) is 9.78 Å². The van der Waals surface area contributed by atoms with Crippen molar-refractivity contribution in [3.8, 4) is 17.3 Å². The summed E-state index contributed by atoms with van der Waals surface area (Å²) in [7, 11) is 0. The van der Waals surface area contributed by atoms with Crippen LogP contribution < -0.4 is 10.3 Å². The number of carbonyl (C=O) groups is 1. The third-order valence-corrected chi connectivity index (χ3v) is 3.48. The zero-order valence-corrected chi connectivity index (χ0v) is 12.8. The Balaban J connectivity index is 2.07. The fourth-order valence-electron chi connectivity index (χ4n) is 2.26. The smallest absolute Gasteiger partial charge is 0.335 e. The Morgan fingerprint density at radius 2 is 1.92 bits per heavy atom. The van der Waals surface area contributed by atoms with Crippen molar-refractivity contribution >= 4 is 5.97 Å². The standard InChI is InChI=1S/C18H14N2O4/c1-12-7-8-13(18(22)23)11-15(12)20-10-9-19-16(17(20)21)24-14-5-3-2-4-6-14/h2-11H,1H3,(H,22,23). The lowest BCUT2D eigenvalue weighted by atomic mass is 10.1. The van der Waals surface area contributed by atoms with Gasteiger partial charge in [0.2, 0.25) is 0 Å². The monoisotopic (exact) mass is 322 g/mol. The first kappa shape index (κ1) is 15.5. The first-order chi connectivity index (χ1) is 11.6. The summed E-state index contributed by atoms with van der Waals surface area (Å²) < 4.78 is 6.85. The average Bonchev–Trinajstić information content (AvgIpc) is 2.58. The lowest BCUT2D eigenvalue weighted by Crippen LogP contribution is -2.21. The van der Waals surface area contributed by atoms with E-state index in [9.17, 15) is 9.59 Å². The quantitative estimate of drug-likeness (QED) is 0.798. The van der Waals surface area contributed by atoms with Crippen LogP contribution in [0.25, 0.3) is 5.69 Å². The third kappa shape index (κ3) is 3.03. The minimum Gasteiger partial charge on any atom is -0.478 e. The van der Waals surface area contributed by atoms with E-state index < -0.39 is 11.5 Å². The summed E-state index contributed by atoms with van der Waals surface area (Å²) in [5, 5.41) is 9.14. The van der Waals surface area contributed by atoms with Crippen molar-refractivity contribution in [2.45, 2.75) is 6.92 Å². The van der Waals surface area contributed by atoms with Gasteiger partial charge in [0, 0.05) is 12.4 Å². The molecule has 3 aromatic rings. The van der Waals surface area contributed by atoms with Gasteiger partial charge in [0.05, 0.1) is 11.3 Å². The fraction of sp³-hybridized carbons (Fsp3) is 0.0556. The van der Waals surface area contributed by atoms with Crippen molar-refractivity contribution in [3.05, 3.63) is 82.4 Å². The molecule has 0 aliphatic carbocycles. The summed E-state index contributed by atoms with van der Waals surface area (Å²) in [4.78, 5) is 27.8. The van der Waals surface area contributed by atoms with E-state index in [4.69, 9.17) is 9.84 Å². The zero-order chi connectivity index (χ0) is 17.1. The Morgan fingerprint density at radius 1 is 1.17 bits per heavy atom. The molecule has 1 heterocycles. The highest BCUT2D eigenvalue weighted by Gasteiger charge is 2.12. The summed E-state index contributed by atoms with van der Waals surface area (Å²) in [6, 6.07) is 13.5. The molecule has 0 unspecified atom stereocenters. The number of aryl methyl sites for hydroxylation is 1. The van der Waals surface area contributed by atoms with Gasteiger partial charge in [-0.3, -0.25) is 9.36 Å². The second-order valence-corrected chi connectivity index (χ2v) is 5.13. The van der Waals surface area contributed by atoms with E-state index in [0.29, 0.717) is 11.4 Å². The van der Waals surface area contributed by atoms with E-state index in [1.807, 2.05) is 6.07 Å². The first-order valence-electron chi connectivity index (χ1n) is 7.21. The van der Waals surface area contributed by atoms with Crippen molar-refractivity contribution in [1.29, 1.82) is 0 Å². The molecule has 0 bridgehead atoms. The molecular formula is C18H14N2O4. The lowest BCUT2D eigenvalue weighted by Gasteiger charge is -2.11. The van der Waals surface area contributed by atoms with E-state index in [2.05, 4.69) is 4.98 Å². The molecule has 0 spiro atoms. The number of aromatic carboxylic acids is 1. The average molecular weight is 322 g/mol. The number of ether oxygens (including phenoxy) is 1.